The van der Waals surface area contributed by atoms with Gasteiger partial charge < -0.3 is 5.73 Å². The van der Waals surface area contributed by atoms with Crippen molar-refractivity contribution in [2.75, 3.05) is 18.6 Å². The van der Waals surface area contributed by atoms with E-state index >= 15 is 0 Å². The van der Waals surface area contributed by atoms with Gasteiger partial charge in [0.2, 0.25) is 0 Å². The van der Waals surface area contributed by atoms with E-state index in [9.17, 15) is 4.79 Å². The van der Waals surface area contributed by atoms with Crippen LogP contribution in [0.25, 0.3) is 0 Å². The number of ketones is 1. The average molecular weight is 254 g/mol. The van der Waals surface area contributed by atoms with Crippen LogP contribution in [0, 0.1) is 0 Å². The van der Waals surface area contributed by atoms with Crippen LogP contribution >= 0.6 is 0 Å². The van der Waals surface area contributed by atoms with Crippen molar-refractivity contribution in [3.63, 3.8) is 0 Å². The molecular weight excluding hydrogens is 234 g/mol. The molecular formula is C13H20NO2S+. The quantitative estimate of drug-likeness (QED) is 0.510. The van der Waals surface area contributed by atoms with Crippen LogP contribution in [0.2, 0.25) is 0 Å². The maximum absolute atomic E-state index is 11.8. The van der Waals surface area contributed by atoms with Gasteiger partial charge >= 0.3 is 0 Å². The van der Waals surface area contributed by atoms with Crippen LogP contribution in [0.5, 0.6) is 0 Å². The second-order valence-corrected chi connectivity index (χ2v) is 7.24. The van der Waals surface area contributed by atoms with Gasteiger partial charge in [-0.15, -0.1) is 0 Å². The summed E-state index contributed by atoms with van der Waals surface area (Å²) in [6, 6.07) is 6.91. The Bertz CT molecular complexity index is 381. The first-order chi connectivity index (χ1) is 7.80. The molecule has 0 amide bonds. The molecule has 0 fully saturated rings. The topological polar surface area (TPSA) is 52.3 Å². The highest BCUT2D eigenvalue weighted by atomic mass is 32.2. The summed E-state index contributed by atoms with van der Waals surface area (Å²) >= 11 is -0.232. The van der Waals surface area contributed by atoms with Crippen LogP contribution < -0.4 is 5.73 Å². The molecule has 0 saturated heterocycles. The zero-order valence-corrected chi connectivity index (χ0v) is 11.6. The van der Waals surface area contributed by atoms with Crippen molar-refractivity contribution in [1.29, 1.82) is 0 Å². The summed E-state index contributed by atoms with van der Waals surface area (Å²) in [5.41, 5.74) is 6.87. The molecule has 1 unspecified atom stereocenters. The van der Waals surface area contributed by atoms with Crippen molar-refractivity contribution < 1.29 is 8.98 Å². The van der Waals surface area contributed by atoms with Crippen molar-refractivity contribution >= 4 is 22.6 Å². The second-order valence-electron chi connectivity index (χ2n) is 4.87. The van der Waals surface area contributed by atoms with Gasteiger partial charge in [-0.3, -0.25) is 4.79 Å². The van der Waals surface area contributed by atoms with Crippen LogP contribution in [0.15, 0.2) is 24.3 Å². The molecule has 0 bridgehead atoms. The number of Topliss-reactive ketones (excluding diaryl/α,β-unsaturated/α-hetero) is 1. The number of nitrogens with two attached hydrogens (primary N) is 1. The number of nitrogen functional groups attached to an aromatic ring is 1. The van der Waals surface area contributed by atoms with Gasteiger partial charge in [0, 0.05) is 11.3 Å². The second kappa shape index (κ2) is 5.56. The fraction of sp³-hybridized carbons (Fsp3) is 0.462. The molecule has 0 heterocycles. The Morgan fingerprint density at radius 1 is 1.29 bits per heavy atom. The van der Waals surface area contributed by atoms with Crippen LogP contribution in [-0.2, 0) is 15.4 Å². The first-order valence-corrected chi connectivity index (χ1v) is 7.04. The number of hydrogen-bond donors (Lipinski definition) is 1. The molecule has 3 nitrogen and oxygen atoms in total. The number of carbonyl (C=O) groups is 1. The molecule has 0 aliphatic rings. The lowest BCUT2D eigenvalue weighted by Crippen LogP contribution is -2.30. The van der Waals surface area contributed by atoms with E-state index in [1.165, 1.54) is 0 Å². The van der Waals surface area contributed by atoms with Crippen LogP contribution in [-0.4, -0.2) is 23.4 Å². The molecule has 0 spiro atoms. The van der Waals surface area contributed by atoms with Crippen molar-refractivity contribution in [3.05, 3.63) is 29.8 Å². The highest BCUT2D eigenvalue weighted by Gasteiger charge is 2.32. The number of benzene rings is 1. The lowest BCUT2D eigenvalue weighted by Gasteiger charge is -2.15. The lowest BCUT2D eigenvalue weighted by atomic mass is 10.1. The summed E-state index contributed by atoms with van der Waals surface area (Å²) in [6.07, 6.45) is 2.01. The third kappa shape index (κ3) is 4.40. The predicted octanol–water partition coefficient (Wildman–Crippen LogP) is 2.43. The number of hydrogen-bond acceptors (Lipinski definition) is 3. The van der Waals surface area contributed by atoms with Crippen LogP contribution in [0.1, 0.15) is 31.1 Å². The molecule has 0 aromatic heterocycles. The number of carbonyl (C=O) groups excluding carboxylic acids is 1. The van der Waals surface area contributed by atoms with E-state index in [4.69, 9.17) is 9.92 Å². The standard InChI is InChI=1S/C13H19NO2S/c1-13(2,3)17(4)16-9-12(15)10-5-7-11(14)8-6-10/h5-8H,9H2,1-4H3,(H-,14,15)/p+1. The predicted molar refractivity (Wildman–Crippen MR) is 74.2 cm³/mol. The van der Waals surface area contributed by atoms with E-state index in [-0.39, 0.29) is 28.3 Å². The van der Waals surface area contributed by atoms with Crippen molar-refractivity contribution in [3.8, 4) is 0 Å². The number of anilines is 1. The fourth-order valence-electron chi connectivity index (χ4n) is 1.07. The van der Waals surface area contributed by atoms with Gasteiger partial charge in [-0.2, -0.15) is 4.18 Å². The van der Waals surface area contributed by atoms with Gasteiger partial charge in [-0.1, -0.05) is 0 Å². The summed E-state index contributed by atoms with van der Waals surface area (Å²) < 4.78 is 5.67. The molecule has 0 aliphatic heterocycles. The third-order valence-corrected chi connectivity index (χ3v) is 4.66. The van der Waals surface area contributed by atoms with Gasteiger partial charge in [0.15, 0.2) is 17.1 Å². The van der Waals surface area contributed by atoms with Crippen LogP contribution in [0.3, 0.4) is 0 Å². The van der Waals surface area contributed by atoms with E-state index in [1.807, 2.05) is 6.26 Å². The Labute approximate surface area is 106 Å². The molecule has 1 atom stereocenters. The first-order valence-electron chi connectivity index (χ1n) is 5.49. The molecule has 2 N–H and O–H groups in total. The zero-order chi connectivity index (χ0) is 13.1. The Morgan fingerprint density at radius 2 is 1.82 bits per heavy atom. The van der Waals surface area contributed by atoms with Gasteiger partial charge in [0.1, 0.15) is 17.4 Å². The molecule has 1 rings (SSSR count). The zero-order valence-electron chi connectivity index (χ0n) is 10.8. The maximum Gasteiger partial charge on any atom is 0.194 e. The Morgan fingerprint density at radius 3 is 2.29 bits per heavy atom. The summed E-state index contributed by atoms with van der Waals surface area (Å²) in [6.45, 7) is 6.43. The van der Waals surface area contributed by atoms with E-state index < -0.39 is 0 Å². The van der Waals surface area contributed by atoms with Gasteiger partial charge in [-0.25, -0.2) is 0 Å². The molecule has 17 heavy (non-hydrogen) atoms. The largest absolute Gasteiger partial charge is 0.399 e. The third-order valence-electron chi connectivity index (χ3n) is 2.46. The summed E-state index contributed by atoms with van der Waals surface area (Å²) in [7, 11) is 0. The first kappa shape index (κ1) is 14.1. The van der Waals surface area contributed by atoms with Crippen molar-refractivity contribution in [2.24, 2.45) is 0 Å². The molecule has 0 saturated carbocycles. The molecule has 1 aromatic carbocycles. The minimum absolute atomic E-state index is 0.00593. The maximum atomic E-state index is 11.8. The van der Waals surface area contributed by atoms with Crippen LogP contribution in [0.4, 0.5) is 5.69 Å². The highest BCUT2D eigenvalue weighted by Crippen LogP contribution is 2.18. The van der Waals surface area contributed by atoms with Gasteiger partial charge in [-0.05, 0) is 45.0 Å². The van der Waals surface area contributed by atoms with E-state index in [0.29, 0.717) is 11.3 Å². The number of rotatable bonds is 4. The monoisotopic (exact) mass is 254 g/mol. The molecule has 1 aromatic rings. The Balaban J connectivity index is 2.53. The van der Waals surface area contributed by atoms with Crippen molar-refractivity contribution in [1.82, 2.24) is 0 Å². The molecule has 0 radical (unpaired) electrons. The lowest BCUT2D eigenvalue weighted by molar-refractivity contribution is 0.0931. The normalized spacial score (nSPS) is 13.4. The summed E-state index contributed by atoms with van der Waals surface area (Å²) in [5.74, 6) is -0.00593. The SMILES string of the molecule is C[S+](OCC(=O)c1ccc(N)cc1)C(C)(C)C. The Hall–Kier alpha value is -1.00. The van der Waals surface area contributed by atoms with E-state index in [1.54, 1.807) is 24.3 Å². The molecule has 0 aliphatic carbocycles. The average Bonchev–Trinajstić information content (AvgIpc) is 2.25. The van der Waals surface area contributed by atoms with Crippen molar-refractivity contribution in [2.45, 2.75) is 25.5 Å². The summed E-state index contributed by atoms with van der Waals surface area (Å²) in [5, 5.41) is 0. The smallest absolute Gasteiger partial charge is 0.194 e. The minimum atomic E-state index is -0.232. The summed E-state index contributed by atoms with van der Waals surface area (Å²) in [4.78, 5) is 11.8. The van der Waals surface area contributed by atoms with Gasteiger partial charge in [0.05, 0.1) is 0 Å². The fourth-order valence-corrected chi connectivity index (χ4v) is 1.71. The van der Waals surface area contributed by atoms with E-state index in [2.05, 4.69) is 20.8 Å². The molecule has 4 heteroatoms. The van der Waals surface area contributed by atoms with E-state index in [0.717, 1.165) is 0 Å². The minimum Gasteiger partial charge on any atom is -0.399 e. The highest BCUT2D eigenvalue weighted by molar-refractivity contribution is 7.93. The van der Waals surface area contributed by atoms with Gasteiger partial charge in [0.25, 0.3) is 0 Å². The Kier molecular flexibility index (Phi) is 4.60. The molecule has 94 valence electrons.